The fraction of sp³-hybridized carbons (Fsp3) is 0. The highest BCUT2D eigenvalue weighted by atomic mass is 15.2. The van der Waals surface area contributed by atoms with Crippen LogP contribution in [0.2, 0.25) is 0 Å². The first-order chi connectivity index (χ1) is 25.3. The lowest BCUT2D eigenvalue weighted by Gasteiger charge is -2.15. The first-order valence-electron chi connectivity index (χ1n) is 17.3. The zero-order valence-corrected chi connectivity index (χ0v) is 27.5. The molecule has 0 aliphatic heterocycles. The highest BCUT2D eigenvalue weighted by Crippen LogP contribution is 2.50. The van der Waals surface area contributed by atoms with Gasteiger partial charge in [-0.3, -0.25) is 4.57 Å². The van der Waals surface area contributed by atoms with Crippen LogP contribution in [-0.2, 0) is 0 Å². The SMILES string of the molecule is c1ccc(-c2nc(-c3ccccc3-c3ccc4c5c(cccc35)-c3ccccc3-4)nc(-n3c4ccccc4c4c5ccccc5ccc43)n2)cc1. The summed E-state index contributed by atoms with van der Waals surface area (Å²) in [4.78, 5) is 15.7. The van der Waals surface area contributed by atoms with Crippen LogP contribution in [0, 0.1) is 0 Å². The van der Waals surface area contributed by atoms with Crippen LogP contribution in [-0.4, -0.2) is 19.5 Å². The number of hydrogen-bond acceptors (Lipinski definition) is 3. The Kier molecular flexibility index (Phi) is 5.92. The fourth-order valence-corrected chi connectivity index (χ4v) is 8.21. The van der Waals surface area contributed by atoms with Crippen LogP contribution >= 0.6 is 0 Å². The van der Waals surface area contributed by atoms with E-state index in [0.29, 0.717) is 17.6 Å². The van der Waals surface area contributed by atoms with Gasteiger partial charge in [0, 0.05) is 21.9 Å². The van der Waals surface area contributed by atoms with Gasteiger partial charge in [0.2, 0.25) is 5.95 Å². The second-order valence-corrected chi connectivity index (χ2v) is 13.2. The van der Waals surface area contributed by atoms with E-state index in [1.54, 1.807) is 0 Å². The molecule has 4 nitrogen and oxygen atoms in total. The molecule has 0 saturated carbocycles. The largest absolute Gasteiger partial charge is 0.278 e. The average molecular weight is 649 g/mol. The first kappa shape index (κ1) is 28.0. The van der Waals surface area contributed by atoms with Crippen molar-refractivity contribution in [1.82, 2.24) is 19.5 Å². The lowest BCUT2D eigenvalue weighted by molar-refractivity contribution is 0.954. The predicted molar refractivity (Wildman–Crippen MR) is 210 cm³/mol. The molecule has 0 spiro atoms. The summed E-state index contributed by atoms with van der Waals surface area (Å²) in [7, 11) is 0. The van der Waals surface area contributed by atoms with Crippen molar-refractivity contribution in [2.75, 3.05) is 0 Å². The Morgan fingerprint density at radius 1 is 0.314 bits per heavy atom. The third kappa shape index (κ3) is 4.11. The summed E-state index contributed by atoms with van der Waals surface area (Å²) < 4.78 is 2.20. The third-order valence-corrected chi connectivity index (χ3v) is 10.4. The molecule has 0 unspecified atom stereocenters. The molecule has 51 heavy (non-hydrogen) atoms. The minimum atomic E-state index is 0.589. The molecule has 0 amide bonds. The van der Waals surface area contributed by atoms with Gasteiger partial charge in [-0.05, 0) is 67.1 Å². The number of aromatic nitrogens is 4. The van der Waals surface area contributed by atoms with Gasteiger partial charge in [0.25, 0.3) is 0 Å². The van der Waals surface area contributed by atoms with E-state index in [4.69, 9.17) is 15.0 Å². The van der Waals surface area contributed by atoms with E-state index in [-0.39, 0.29) is 0 Å². The summed E-state index contributed by atoms with van der Waals surface area (Å²) in [5.41, 5.74) is 11.4. The number of para-hydroxylation sites is 1. The maximum atomic E-state index is 5.34. The van der Waals surface area contributed by atoms with Gasteiger partial charge < -0.3 is 0 Å². The maximum Gasteiger partial charge on any atom is 0.238 e. The zero-order valence-electron chi connectivity index (χ0n) is 27.5. The maximum absolute atomic E-state index is 5.34. The first-order valence-corrected chi connectivity index (χ1v) is 17.3. The fourth-order valence-electron chi connectivity index (χ4n) is 8.21. The van der Waals surface area contributed by atoms with Crippen molar-refractivity contribution in [2.24, 2.45) is 0 Å². The van der Waals surface area contributed by atoms with Crippen LogP contribution < -0.4 is 0 Å². The summed E-state index contributed by atoms with van der Waals surface area (Å²) >= 11 is 0. The molecule has 0 radical (unpaired) electrons. The smallest absolute Gasteiger partial charge is 0.238 e. The van der Waals surface area contributed by atoms with E-state index >= 15 is 0 Å². The molecule has 0 fully saturated rings. The van der Waals surface area contributed by atoms with E-state index in [1.165, 1.54) is 54.6 Å². The zero-order chi connectivity index (χ0) is 33.5. The van der Waals surface area contributed by atoms with Crippen LogP contribution in [0.5, 0.6) is 0 Å². The van der Waals surface area contributed by atoms with Gasteiger partial charge in [-0.1, -0.05) is 158 Å². The molecule has 0 saturated heterocycles. The molecule has 2 aromatic heterocycles. The molecular formula is C47H28N4. The Balaban J connectivity index is 1.19. The standard InChI is InChI=1S/C47H28N4/c1-2-14-30(15-3-1)45-48-46(50-47(49-45)51-41-24-11-10-21-40(41)44-31-16-5-4-13-29(31)25-28-42(44)51)39-20-9-8-19-34(39)35-26-27-38-33-18-7-6-17-32(33)36-22-12-23-37(35)43(36)38/h1-28H. The van der Waals surface area contributed by atoms with Crippen molar-refractivity contribution in [3.8, 4) is 62.1 Å². The summed E-state index contributed by atoms with van der Waals surface area (Å²) in [6.45, 7) is 0. The molecule has 0 atom stereocenters. The molecule has 0 N–H and O–H groups in total. The van der Waals surface area contributed by atoms with Crippen molar-refractivity contribution in [3.63, 3.8) is 0 Å². The monoisotopic (exact) mass is 648 g/mol. The van der Waals surface area contributed by atoms with Crippen molar-refractivity contribution in [2.45, 2.75) is 0 Å². The molecule has 8 aromatic carbocycles. The van der Waals surface area contributed by atoms with Crippen LogP contribution in [0.15, 0.2) is 170 Å². The number of nitrogens with zero attached hydrogens (tertiary/aromatic N) is 4. The van der Waals surface area contributed by atoms with Gasteiger partial charge in [0.1, 0.15) is 0 Å². The molecule has 236 valence electrons. The Morgan fingerprint density at radius 3 is 1.73 bits per heavy atom. The molecule has 1 aliphatic rings. The summed E-state index contributed by atoms with van der Waals surface area (Å²) in [6, 6.07) is 60.2. The normalized spacial score (nSPS) is 11.9. The number of fused-ring (bicyclic) bond motifs is 8. The lowest BCUT2D eigenvalue weighted by Crippen LogP contribution is -2.06. The Morgan fingerprint density at radius 2 is 0.902 bits per heavy atom. The summed E-state index contributed by atoms with van der Waals surface area (Å²) in [6.07, 6.45) is 0. The average Bonchev–Trinajstić information content (AvgIpc) is 3.72. The highest BCUT2D eigenvalue weighted by Gasteiger charge is 2.24. The van der Waals surface area contributed by atoms with Crippen LogP contribution in [0.25, 0.3) is 105 Å². The second kappa shape index (κ2) is 10.8. The summed E-state index contributed by atoms with van der Waals surface area (Å²) in [5, 5.41) is 7.30. The van der Waals surface area contributed by atoms with E-state index in [1.807, 2.05) is 18.2 Å². The topological polar surface area (TPSA) is 43.6 Å². The van der Waals surface area contributed by atoms with E-state index in [9.17, 15) is 0 Å². The van der Waals surface area contributed by atoms with Gasteiger partial charge in [-0.15, -0.1) is 0 Å². The molecule has 10 aromatic rings. The highest BCUT2D eigenvalue weighted by molar-refractivity contribution is 6.21. The number of benzene rings is 8. The second-order valence-electron chi connectivity index (χ2n) is 13.2. The number of rotatable bonds is 4. The van der Waals surface area contributed by atoms with Gasteiger partial charge in [-0.2, -0.15) is 9.97 Å². The Bertz CT molecular complexity index is 3000. The van der Waals surface area contributed by atoms with E-state index < -0.39 is 0 Å². The Labute approximate surface area is 294 Å². The van der Waals surface area contributed by atoms with Gasteiger partial charge in [0.05, 0.1) is 11.0 Å². The third-order valence-electron chi connectivity index (χ3n) is 10.4. The Hall–Kier alpha value is -6.91. The van der Waals surface area contributed by atoms with Gasteiger partial charge in [0.15, 0.2) is 11.6 Å². The van der Waals surface area contributed by atoms with Crippen LogP contribution in [0.4, 0.5) is 0 Å². The molecule has 1 aliphatic carbocycles. The predicted octanol–water partition coefficient (Wildman–Crippen LogP) is 11.9. The van der Waals surface area contributed by atoms with Crippen LogP contribution in [0.1, 0.15) is 0 Å². The lowest BCUT2D eigenvalue weighted by atomic mass is 9.91. The van der Waals surface area contributed by atoms with Gasteiger partial charge in [-0.25, -0.2) is 4.98 Å². The number of hydrogen-bond donors (Lipinski definition) is 0. The molecule has 2 heterocycles. The van der Waals surface area contributed by atoms with Crippen LogP contribution in [0.3, 0.4) is 0 Å². The summed E-state index contributed by atoms with van der Waals surface area (Å²) in [5.74, 6) is 1.85. The van der Waals surface area contributed by atoms with E-state index in [0.717, 1.165) is 33.3 Å². The van der Waals surface area contributed by atoms with Crippen molar-refractivity contribution in [3.05, 3.63) is 170 Å². The van der Waals surface area contributed by atoms with Crippen molar-refractivity contribution < 1.29 is 0 Å². The minimum Gasteiger partial charge on any atom is -0.278 e. The molecular weight excluding hydrogens is 621 g/mol. The van der Waals surface area contributed by atoms with Crippen molar-refractivity contribution in [1.29, 1.82) is 0 Å². The molecule has 0 bridgehead atoms. The van der Waals surface area contributed by atoms with E-state index in [2.05, 4.69) is 156 Å². The quantitative estimate of drug-likeness (QED) is 0.191. The molecule has 11 rings (SSSR count). The molecule has 4 heteroatoms. The van der Waals surface area contributed by atoms with Crippen molar-refractivity contribution >= 4 is 43.4 Å². The minimum absolute atomic E-state index is 0.589. The van der Waals surface area contributed by atoms with Gasteiger partial charge >= 0.3 is 0 Å².